The summed E-state index contributed by atoms with van der Waals surface area (Å²) in [6, 6.07) is 5.05. The lowest BCUT2D eigenvalue weighted by Crippen LogP contribution is -2.43. The number of aryl methyl sites for hydroxylation is 1. The zero-order valence-corrected chi connectivity index (χ0v) is 16.8. The molecular formula is C23H31FN2O2. The van der Waals surface area contributed by atoms with Crippen LogP contribution in [0.25, 0.3) is 0 Å². The molecule has 1 N–H and O–H groups in total. The average Bonchev–Trinajstić information content (AvgIpc) is 3.32. The average molecular weight is 387 g/mol. The van der Waals surface area contributed by atoms with E-state index in [1.807, 2.05) is 11.0 Å². The summed E-state index contributed by atoms with van der Waals surface area (Å²) < 4.78 is 13.6. The molecule has 1 saturated heterocycles. The van der Waals surface area contributed by atoms with Crippen LogP contribution in [0.3, 0.4) is 0 Å². The second-order valence-electron chi connectivity index (χ2n) is 9.10. The third kappa shape index (κ3) is 4.23. The predicted molar refractivity (Wildman–Crippen MR) is 106 cm³/mol. The number of carbonyl (C=O) groups excluding carboxylic acids is 2. The summed E-state index contributed by atoms with van der Waals surface area (Å²) in [4.78, 5) is 27.1. The van der Waals surface area contributed by atoms with Crippen LogP contribution in [-0.4, -0.2) is 29.8 Å². The summed E-state index contributed by atoms with van der Waals surface area (Å²) in [6.45, 7) is 3.43. The normalized spacial score (nSPS) is 27.2. The summed E-state index contributed by atoms with van der Waals surface area (Å²) in [5, 5.41) is 2.93. The minimum Gasteiger partial charge on any atom is -0.352 e. The van der Waals surface area contributed by atoms with E-state index in [2.05, 4.69) is 5.32 Å². The van der Waals surface area contributed by atoms with Crippen molar-refractivity contribution in [3.05, 3.63) is 35.1 Å². The number of likely N-dealkylation sites (tertiary alicyclic amines) is 1. The van der Waals surface area contributed by atoms with Gasteiger partial charge >= 0.3 is 0 Å². The number of fused-ring (bicyclic) bond motifs is 2. The van der Waals surface area contributed by atoms with Gasteiger partial charge in [0.1, 0.15) is 5.82 Å². The van der Waals surface area contributed by atoms with E-state index in [4.69, 9.17) is 0 Å². The highest BCUT2D eigenvalue weighted by Crippen LogP contribution is 2.49. The van der Waals surface area contributed by atoms with Crippen LogP contribution in [-0.2, 0) is 16.1 Å². The SMILES string of the molecule is Cc1ccc(CNC(=O)C2CCN(C(=O)C[C@H]3C[C@H]4CC[C@H]3C4)CC2)cc1F. The number of nitrogens with one attached hydrogen (secondary N) is 1. The number of amides is 2. The Morgan fingerprint density at radius 2 is 1.93 bits per heavy atom. The molecule has 2 amide bonds. The van der Waals surface area contributed by atoms with Gasteiger partial charge in [-0.2, -0.15) is 0 Å². The molecule has 0 aromatic heterocycles. The molecule has 0 spiro atoms. The van der Waals surface area contributed by atoms with Gasteiger partial charge in [0, 0.05) is 32.0 Å². The van der Waals surface area contributed by atoms with Crippen molar-refractivity contribution in [2.45, 2.75) is 58.4 Å². The van der Waals surface area contributed by atoms with Crippen LogP contribution in [0.2, 0.25) is 0 Å². The Balaban J connectivity index is 1.20. The van der Waals surface area contributed by atoms with E-state index in [1.165, 1.54) is 31.7 Å². The fraction of sp³-hybridized carbons (Fsp3) is 0.652. The molecule has 2 aliphatic carbocycles. The van der Waals surface area contributed by atoms with E-state index in [1.54, 1.807) is 13.0 Å². The van der Waals surface area contributed by atoms with Crippen molar-refractivity contribution in [1.82, 2.24) is 10.2 Å². The number of benzene rings is 1. The first kappa shape index (κ1) is 19.4. The van der Waals surface area contributed by atoms with E-state index >= 15 is 0 Å². The monoisotopic (exact) mass is 386 g/mol. The molecule has 1 heterocycles. The molecule has 3 fully saturated rings. The minimum absolute atomic E-state index is 0.0150. The summed E-state index contributed by atoms with van der Waals surface area (Å²) in [7, 11) is 0. The topological polar surface area (TPSA) is 49.4 Å². The molecule has 152 valence electrons. The summed E-state index contributed by atoms with van der Waals surface area (Å²) in [6.07, 6.45) is 7.41. The van der Waals surface area contributed by atoms with Crippen LogP contribution in [0, 0.1) is 36.4 Å². The molecule has 4 rings (SSSR count). The van der Waals surface area contributed by atoms with Gasteiger partial charge in [-0.25, -0.2) is 4.39 Å². The van der Waals surface area contributed by atoms with Crippen molar-refractivity contribution in [1.29, 1.82) is 0 Å². The highest BCUT2D eigenvalue weighted by molar-refractivity contribution is 5.80. The lowest BCUT2D eigenvalue weighted by Gasteiger charge is -2.33. The quantitative estimate of drug-likeness (QED) is 0.836. The second kappa shape index (κ2) is 8.22. The first-order valence-electron chi connectivity index (χ1n) is 10.8. The van der Waals surface area contributed by atoms with Crippen molar-refractivity contribution in [2.75, 3.05) is 13.1 Å². The van der Waals surface area contributed by atoms with Gasteiger partial charge in [-0.05, 0) is 74.0 Å². The highest BCUT2D eigenvalue weighted by Gasteiger charge is 2.41. The first-order chi connectivity index (χ1) is 13.5. The second-order valence-corrected chi connectivity index (χ2v) is 9.10. The fourth-order valence-electron chi connectivity index (χ4n) is 5.45. The number of nitrogens with zero attached hydrogens (tertiary/aromatic N) is 1. The molecule has 2 saturated carbocycles. The fourth-order valence-corrected chi connectivity index (χ4v) is 5.45. The van der Waals surface area contributed by atoms with Crippen molar-refractivity contribution in [3.63, 3.8) is 0 Å². The lowest BCUT2D eigenvalue weighted by molar-refractivity contribution is -0.136. The van der Waals surface area contributed by atoms with Crippen LogP contribution >= 0.6 is 0 Å². The van der Waals surface area contributed by atoms with Crippen LogP contribution in [0.4, 0.5) is 4.39 Å². The van der Waals surface area contributed by atoms with Crippen LogP contribution in [0.5, 0.6) is 0 Å². The molecular weight excluding hydrogens is 355 g/mol. The van der Waals surface area contributed by atoms with E-state index in [9.17, 15) is 14.0 Å². The maximum absolute atomic E-state index is 13.6. The molecule has 0 unspecified atom stereocenters. The largest absolute Gasteiger partial charge is 0.352 e. The van der Waals surface area contributed by atoms with Crippen molar-refractivity contribution in [3.8, 4) is 0 Å². The summed E-state index contributed by atoms with van der Waals surface area (Å²) >= 11 is 0. The molecule has 5 heteroatoms. The zero-order chi connectivity index (χ0) is 19.7. The van der Waals surface area contributed by atoms with Gasteiger partial charge < -0.3 is 10.2 Å². The molecule has 1 aliphatic heterocycles. The van der Waals surface area contributed by atoms with Gasteiger partial charge in [0.15, 0.2) is 0 Å². The Hall–Kier alpha value is -1.91. The summed E-state index contributed by atoms with van der Waals surface area (Å²) in [5.74, 6) is 2.26. The molecule has 1 aromatic carbocycles. The Morgan fingerprint density at radius 3 is 2.57 bits per heavy atom. The molecule has 0 radical (unpaired) electrons. The van der Waals surface area contributed by atoms with Crippen molar-refractivity contribution in [2.24, 2.45) is 23.7 Å². The minimum atomic E-state index is -0.242. The number of rotatable bonds is 5. The molecule has 1 aromatic rings. The molecule has 2 bridgehead atoms. The Kier molecular flexibility index (Phi) is 5.70. The van der Waals surface area contributed by atoms with Gasteiger partial charge in [0.05, 0.1) is 0 Å². The first-order valence-corrected chi connectivity index (χ1v) is 10.8. The predicted octanol–water partition coefficient (Wildman–Crippen LogP) is 3.82. The number of carbonyl (C=O) groups is 2. The Labute approximate surface area is 166 Å². The molecule has 28 heavy (non-hydrogen) atoms. The van der Waals surface area contributed by atoms with Crippen LogP contribution < -0.4 is 5.32 Å². The number of hydrogen-bond donors (Lipinski definition) is 1. The standard InChI is InChI=1S/C23H31FN2O2/c1-15-2-3-17(12-21(15)24)14-25-23(28)18-6-8-26(9-7-18)22(27)13-20-11-16-4-5-19(20)10-16/h2-3,12,16,18-20H,4-11,13-14H2,1H3,(H,25,28)/t16-,19-,20+/m0/s1. The van der Waals surface area contributed by atoms with Gasteiger partial charge in [-0.1, -0.05) is 18.6 Å². The van der Waals surface area contributed by atoms with Gasteiger partial charge in [0.25, 0.3) is 0 Å². The highest BCUT2D eigenvalue weighted by atomic mass is 19.1. The van der Waals surface area contributed by atoms with Gasteiger partial charge in [0.2, 0.25) is 11.8 Å². The van der Waals surface area contributed by atoms with Crippen molar-refractivity contribution < 1.29 is 14.0 Å². The zero-order valence-electron chi connectivity index (χ0n) is 16.8. The van der Waals surface area contributed by atoms with Gasteiger partial charge in [-0.15, -0.1) is 0 Å². The maximum atomic E-state index is 13.6. The smallest absolute Gasteiger partial charge is 0.223 e. The van der Waals surface area contributed by atoms with Crippen LogP contribution in [0.15, 0.2) is 18.2 Å². The number of piperidine rings is 1. The van der Waals surface area contributed by atoms with Gasteiger partial charge in [-0.3, -0.25) is 9.59 Å². The lowest BCUT2D eigenvalue weighted by atomic mass is 9.85. The number of halogens is 1. The van der Waals surface area contributed by atoms with E-state index in [0.29, 0.717) is 37.5 Å². The maximum Gasteiger partial charge on any atom is 0.223 e. The van der Waals surface area contributed by atoms with E-state index in [0.717, 1.165) is 30.2 Å². The number of hydrogen-bond acceptors (Lipinski definition) is 2. The molecule has 4 nitrogen and oxygen atoms in total. The van der Waals surface area contributed by atoms with E-state index in [-0.39, 0.29) is 23.5 Å². The molecule has 3 aliphatic rings. The third-order valence-corrected chi connectivity index (χ3v) is 7.24. The summed E-state index contributed by atoms with van der Waals surface area (Å²) in [5.41, 5.74) is 1.38. The van der Waals surface area contributed by atoms with E-state index < -0.39 is 0 Å². The van der Waals surface area contributed by atoms with Crippen molar-refractivity contribution >= 4 is 11.8 Å². The molecule has 3 atom stereocenters. The van der Waals surface area contributed by atoms with Crippen LogP contribution in [0.1, 0.15) is 56.1 Å². The third-order valence-electron chi connectivity index (χ3n) is 7.24. The Morgan fingerprint density at radius 1 is 1.14 bits per heavy atom. The Bertz CT molecular complexity index is 742.